The fourth-order valence-corrected chi connectivity index (χ4v) is 2.68. The molecule has 0 amide bonds. The second kappa shape index (κ2) is 10.9. The first-order valence-corrected chi connectivity index (χ1v) is 8.43. The third kappa shape index (κ3) is 6.20. The number of ether oxygens (including phenoxy) is 2. The zero-order valence-electron chi connectivity index (χ0n) is 16.4. The van der Waals surface area contributed by atoms with Crippen LogP contribution in [0.15, 0.2) is 35.3 Å². The van der Waals surface area contributed by atoms with Crippen LogP contribution in [-0.4, -0.2) is 32.3 Å². The number of halogens is 1. The normalized spacial score (nSPS) is 10.8. The maximum Gasteiger partial charge on any atom is 0.200 e. The lowest BCUT2D eigenvalue weighted by molar-refractivity contribution is 0.339. The van der Waals surface area contributed by atoms with Crippen LogP contribution in [0.2, 0.25) is 0 Å². The van der Waals surface area contributed by atoms with E-state index in [0.717, 1.165) is 5.56 Å². The lowest BCUT2D eigenvalue weighted by Crippen LogP contribution is -2.36. The summed E-state index contributed by atoms with van der Waals surface area (Å²) in [6.45, 7) is 5.40. The molecule has 2 rings (SSSR count). The highest BCUT2D eigenvalue weighted by Crippen LogP contribution is 2.36. The minimum atomic E-state index is -0.00361. The van der Waals surface area contributed by atoms with Gasteiger partial charge in [-0.05, 0) is 42.7 Å². The molecule has 7 heteroatoms. The number of aliphatic imine (C=N–C) groups is 1. The van der Waals surface area contributed by atoms with Crippen LogP contribution in [0.5, 0.6) is 17.2 Å². The van der Waals surface area contributed by atoms with E-state index in [2.05, 4.69) is 47.7 Å². The Labute approximate surface area is 178 Å². The molecule has 0 atom stereocenters. The average Bonchev–Trinajstić information content (AvgIpc) is 2.64. The summed E-state index contributed by atoms with van der Waals surface area (Å²) in [7, 11) is 4.75. The Kier molecular flexibility index (Phi) is 9.20. The summed E-state index contributed by atoms with van der Waals surface area (Å²) in [4.78, 5) is 4.25. The molecule has 2 aromatic rings. The molecule has 0 fully saturated rings. The van der Waals surface area contributed by atoms with Gasteiger partial charge in [-0.15, -0.1) is 24.0 Å². The van der Waals surface area contributed by atoms with E-state index in [0.29, 0.717) is 30.5 Å². The van der Waals surface area contributed by atoms with Crippen molar-refractivity contribution in [2.75, 3.05) is 21.3 Å². The molecule has 0 aliphatic heterocycles. The monoisotopic (exact) mass is 485 g/mol. The molecule has 0 bridgehead atoms. The first-order chi connectivity index (χ1) is 12.5. The van der Waals surface area contributed by atoms with Crippen molar-refractivity contribution in [3.8, 4) is 17.2 Å². The topological polar surface area (TPSA) is 75.1 Å². The first-order valence-electron chi connectivity index (χ1n) is 8.43. The molecular weight excluding hydrogens is 457 g/mol. The molecule has 2 aromatic carbocycles. The molecule has 0 aromatic heterocycles. The summed E-state index contributed by atoms with van der Waals surface area (Å²) >= 11 is 0. The molecule has 0 radical (unpaired) electrons. The maximum absolute atomic E-state index is 9.99. The number of phenolic OH excluding ortho intramolecular Hbond substituents is 1. The molecule has 3 N–H and O–H groups in total. The number of aromatic hydroxyl groups is 1. The highest BCUT2D eigenvalue weighted by molar-refractivity contribution is 14.0. The number of aryl methyl sites for hydroxylation is 2. The largest absolute Gasteiger partial charge is 0.502 e. The molecule has 148 valence electrons. The number of benzene rings is 2. The number of guanidine groups is 1. The number of phenols is 1. The quantitative estimate of drug-likeness (QED) is 0.332. The van der Waals surface area contributed by atoms with E-state index in [1.54, 1.807) is 19.2 Å². The van der Waals surface area contributed by atoms with Crippen LogP contribution in [0, 0.1) is 13.8 Å². The number of rotatable bonds is 6. The SMILES string of the molecule is CN=C(NCc1cc(OC)c(O)c(OC)c1)NCc1ccc(C)cc1C.I. The fraction of sp³-hybridized carbons (Fsp3) is 0.350. The molecule has 27 heavy (non-hydrogen) atoms. The van der Waals surface area contributed by atoms with E-state index < -0.39 is 0 Å². The lowest BCUT2D eigenvalue weighted by atomic mass is 10.1. The molecule has 0 aliphatic rings. The average molecular weight is 485 g/mol. The summed E-state index contributed by atoms with van der Waals surface area (Å²) < 4.78 is 10.4. The van der Waals surface area contributed by atoms with Crippen LogP contribution in [0.3, 0.4) is 0 Å². The van der Waals surface area contributed by atoms with Crippen molar-refractivity contribution in [3.63, 3.8) is 0 Å². The minimum absolute atomic E-state index is 0. The van der Waals surface area contributed by atoms with Gasteiger partial charge in [-0.3, -0.25) is 4.99 Å². The number of hydrogen-bond donors (Lipinski definition) is 3. The van der Waals surface area contributed by atoms with Gasteiger partial charge in [0, 0.05) is 20.1 Å². The van der Waals surface area contributed by atoms with Crippen LogP contribution in [0.1, 0.15) is 22.3 Å². The Bertz CT molecular complexity index is 769. The molecular formula is C20H28IN3O3. The van der Waals surface area contributed by atoms with Crippen molar-refractivity contribution in [3.05, 3.63) is 52.6 Å². The maximum atomic E-state index is 9.99. The molecule has 0 saturated heterocycles. The first kappa shape index (κ1) is 22.9. The summed E-state index contributed by atoms with van der Waals surface area (Å²) in [6.07, 6.45) is 0. The standard InChI is InChI=1S/C20H27N3O3.HI/c1-13-6-7-16(14(2)8-13)12-23-20(21-3)22-11-15-9-17(25-4)19(24)18(10-15)26-5;/h6-10,24H,11-12H2,1-5H3,(H2,21,22,23);1H. The minimum Gasteiger partial charge on any atom is -0.502 e. The van der Waals surface area contributed by atoms with Crippen molar-refractivity contribution in [1.29, 1.82) is 0 Å². The van der Waals surface area contributed by atoms with Gasteiger partial charge in [0.2, 0.25) is 5.75 Å². The Morgan fingerprint density at radius 1 is 1.00 bits per heavy atom. The molecule has 0 spiro atoms. The summed E-state index contributed by atoms with van der Waals surface area (Å²) in [5, 5.41) is 16.6. The van der Waals surface area contributed by atoms with E-state index in [-0.39, 0.29) is 29.7 Å². The number of hydrogen-bond acceptors (Lipinski definition) is 4. The van der Waals surface area contributed by atoms with Gasteiger partial charge in [-0.2, -0.15) is 0 Å². The van der Waals surface area contributed by atoms with E-state index >= 15 is 0 Å². The predicted molar refractivity (Wildman–Crippen MR) is 120 cm³/mol. The zero-order valence-corrected chi connectivity index (χ0v) is 18.8. The van der Waals surface area contributed by atoms with Crippen molar-refractivity contribution in [2.45, 2.75) is 26.9 Å². The summed E-state index contributed by atoms with van der Waals surface area (Å²) in [5.41, 5.74) is 4.64. The predicted octanol–water partition coefficient (Wildman–Crippen LogP) is 3.51. The van der Waals surface area contributed by atoms with Crippen LogP contribution in [0.4, 0.5) is 0 Å². The van der Waals surface area contributed by atoms with E-state index in [1.165, 1.54) is 30.9 Å². The van der Waals surface area contributed by atoms with Crippen LogP contribution in [-0.2, 0) is 13.1 Å². The van der Waals surface area contributed by atoms with Crippen molar-refractivity contribution >= 4 is 29.9 Å². The van der Waals surface area contributed by atoms with Gasteiger partial charge >= 0.3 is 0 Å². The molecule has 0 unspecified atom stereocenters. The smallest absolute Gasteiger partial charge is 0.200 e. The summed E-state index contributed by atoms with van der Waals surface area (Å²) in [5.74, 6) is 1.44. The van der Waals surface area contributed by atoms with E-state index in [4.69, 9.17) is 9.47 Å². The Morgan fingerprint density at radius 3 is 2.11 bits per heavy atom. The number of nitrogens with one attached hydrogen (secondary N) is 2. The highest BCUT2D eigenvalue weighted by Gasteiger charge is 2.11. The third-order valence-corrected chi connectivity index (χ3v) is 4.17. The van der Waals surface area contributed by atoms with Gasteiger partial charge < -0.3 is 25.2 Å². The van der Waals surface area contributed by atoms with E-state index in [9.17, 15) is 5.11 Å². The second-order valence-corrected chi connectivity index (χ2v) is 6.06. The van der Waals surface area contributed by atoms with Crippen molar-refractivity contribution in [1.82, 2.24) is 10.6 Å². The molecule has 6 nitrogen and oxygen atoms in total. The van der Waals surface area contributed by atoms with Crippen molar-refractivity contribution in [2.24, 2.45) is 4.99 Å². The van der Waals surface area contributed by atoms with Gasteiger partial charge in [-0.1, -0.05) is 23.8 Å². The van der Waals surface area contributed by atoms with Gasteiger partial charge in [0.25, 0.3) is 0 Å². The second-order valence-electron chi connectivity index (χ2n) is 6.06. The number of methoxy groups -OCH3 is 2. The third-order valence-electron chi connectivity index (χ3n) is 4.17. The van der Waals surface area contributed by atoms with Crippen molar-refractivity contribution < 1.29 is 14.6 Å². The molecule has 0 aliphatic carbocycles. The molecule has 0 saturated carbocycles. The summed E-state index contributed by atoms with van der Waals surface area (Å²) in [6, 6.07) is 9.93. The van der Waals surface area contributed by atoms with Crippen LogP contribution >= 0.6 is 24.0 Å². The van der Waals surface area contributed by atoms with Crippen LogP contribution < -0.4 is 20.1 Å². The lowest BCUT2D eigenvalue weighted by Gasteiger charge is -2.15. The fourth-order valence-electron chi connectivity index (χ4n) is 2.68. The highest BCUT2D eigenvalue weighted by atomic mass is 127. The van der Waals surface area contributed by atoms with Gasteiger partial charge in [0.1, 0.15) is 0 Å². The zero-order chi connectivity index (χ0) is 19.1. The Balaban J connectivity index is 0.00000364. The Morgan fingerprint density at radius 2 is 1.59 bits per heavy atom. The Hall–Kier alpha value is -2.16. The van der Waals surface area contributed by atoms with Gasteiger partial charge in [-0.25, -0.2) is 0 Å². The molecule has 0 heterocycles. The number of nitrogens with zero attached hydrogens (tertiary/aromatic N) is 1. The van der Waals surface area contributed by atoms with Crippen LogP contribution in [0.25, 0.3) is 0 Å². The van der Waals surface area contributed by atoms with E-state index in [1.807, 2.05) is 0 Å². The van der Waals surface area contributed by atoms with Gasteiger partial charge in [0.15, 0.2) is 17.5 Å². The van der Waals surface area contributed by atoms with Gasteiger partial charge in [0.05, 0.1) is 14.2 Å².